The van der Waals surface area contributed by atoms with Crippen LogP contribution in [0, 0.1) is 5.92 Å². The Balaban J connectivity index is 2.80. The van der Waals surface area contributed by atoms with E-state index in [9.17, 15) is 24.3 Å². The number of phenols is 1. The van der Waals surface area contributed by atoms with Crippen LogP contribution in [0.4, 0.5) is 0 Å². The summed E-state index contributed by atoms with van der Waals surface area (Å²) in [6.07, 6.45) is 3.13. The second-order valence-corrected chi connectivity index (χ2v) is 8.58. The minimum atomic E-state index is -0.902. The summed E-state index contributed by atoms with van der Waals surface area (Å²) in [5.41, 5.74) is 0.737. The summed E-state index contributed by atoms with van der Waals surface area (Å²) in [5, 5.41) is 20.2. The first kappa shape index (κ1) is 27.9. The monoisotopic (exact) mass is 462 g/mol. The van der Waals surface area contributed by atoms with Gasteiger partial charge in [0.25, 0.3) is 0 Å². The van der Waals surface area contributed by atoms with Crippen molar-refractivity contribution in [1.29, 1.82) is 0 Å². The van der Waals surface area contributed by atoms with E-state index in [0.717, 1.165) is 24.8 Å². The first-order chi connectivity index (χ1) is 15.5. The smallest absolute Gasteiger partial charge is 0.243 e. The Hall–Kier alpha value is -3.10. The molecule has 0 spiro atoms. The molecule has 4 amide bonds. The first-order valence-electron chi connectivity index (χ1n) is 11.5. The van der Waals surface area contributed by atoms with E-state index in [1.807, 2.05) is 0 Å². The van der Waals surface area contributed by atoms with Gasteiger partial charge in [-0.15, -0.1) is 0 Å². The highest BCUT2D eigenvalue weighted by molar-refractivity contribution is 5.94. The zero-order chi connectivity index (χ0) is 25.0. The predicted molar refractivity (Wildman–Crippen MR) is 126 cm³/mol. The van der Waals surface area contributed by atoms with Crippen molar-refractivity contribution in [3.05, 3.63) is 29.8 Å². The molecule has 0 aliphatic carbocycles. The summed E-state index contributed by atoms with van der Waals surface area (Å²) in [5.74, 6) is -1.80. The van der Waals surface area contributed by atoms with E-state index >= 15 is 0 Å². The van der Waals surface area contributed by atoms with Gasteiger partial charge in [-0.1, -0.05) is 45.7 Å². The molecule has 0 bridgehead atoms. The lowest BCUT2D eigenvalue weighted by molar-refractivity contribution is -0.134. The maximum Gasteiger partial charge on any atom is 0.243 e. The predicted octanol–water partition coefficient (Wildman–Crippen LogP) is 1.39. The Labute approximate surface area is 196 Å². The number of phenolic OH excluding ortho intramolecular Hbond substituents is 1. The molecule has 33 heavy (non-hydrogen) atoms. The lowest BCUT2D eigenvalue weighted by atomic mass is 10.0. The molecule has 0 saturated heterocycles. The fourth-order valence-corrected chi connectivity index (χ4v) is 3.22. The Morgan fingerprint density at radius 3 is 2.06 bits per heavy atom. The Bertz CT molecular complexity index is 795. The molecule has 0 heterocycles. The molecule has 0 radical (unpaired) electrons. The van der Waals surface area contributed by atoms with Crippen molar-refractivity contribution in [3.8, 4) is 5.75 Å². The van der Waals surface area contributed by atoms with Crippen LogP contribution in [-0.2, 0) is 25.6 Å². The average Bonchev–Trinajstić information content (AvgIpc) is 2.75. The van der Waals surface area contributed by atoms with Gasteiger partial charge in [-0.25, -0.2) is 0 Å². The van der Waals surface area contributed by atoms with Gasteiger partial charge in [0, 0.05) is 19.9 Å². The zero-order valence-corrected chi connectivity index (χ0v) is 20.2. The fraction of sp³-hybridized carbons (Fsp3) is 0.583. The van der Waals surface area contributed by atoms with Crippen LogP contribution in [0.5, 0.6) is 5.75 Å². The summed E-state index contributed by atoms with van der Waals surface area (Å²) in [4.78, 5) is 49.7. The molecule has 1 aromatic rings. The lowest BCUT2D eigenvalue weighted by Crippen LogP contribution is -2.58. The van der Waals surface area contributed by atoms with E-state index in [1.54, 1.807) is 32.9 Å². The topological polar surface area (TPSA) is 137 Å². The number of hydrogen-bond donors (Lipinski definition) is 5. The molecular formula is C24H38N4O5. The number of carbonyl (C=O) groups is 4. The molecule has 0 aliphatic heterocycles. The van der Waals surface area contributed by atoms with Gasteiger partial charge in [0.05, 0.1) is 0 Å². The van der Waals surface area contributed by atoms with Gasteiger partial charge in [-0.3, -0.25) is 19.2 Å². The number of nitrogens with one attached hydrogen (secondary N) is 4. The summed E-state index contributed by atoms with van der Waals surface area (Å²) >= 11 is 0. The third-order valence-corrected chi connectivity index (χ3v) is 5.15. The van der Waals surface area contributed by atoms with E-state index in [-0.39, 0.29) is 29.9 Å². The molecule has 1 aromatic carbocycles. The Morgan fingerprint density at radius 2 is 1.52 bits per heavy atom. The standard InChI is InChI=1S/C24H38N4O5/c1-6-7-8-13-25-22(31)16(4)26-24(33)21(15(2)3)28-23(32)20(27-17(5)29)14-18-9-11-19(30)12-10-18/h9-12,15-16,20-21,30H,6-8,13-14H2,1-5H3,(H,25,31)(H,26,33)(H,27,29)(H,28,32)/t16-,20-,21-/m0/s1. The number of unbranched alkanes of at least 4 members (excludes halogenated alkanes) is 2. The van der Waals surface area contributed by atoms with Crippen molar-refractivity contribution in [2.45, 2.75) is 78.4 Å². The fourth-order valence-electron chi connectivity index (χ4n) is 3.22. The summed E-state index contributed by atoms with van der Waals surface area (Å²) < 4.78 is 0. The van der Waals surface area contributed by atoms with Crippen LogP contribution >= 0.6 is 0 Å². The number of benzene rings is 1. The highest BCUT2D eigenvalue weighted by Crippen LogP contribution is 2.12. The normalized spacial score (nSPS) is 13.5. The highest BCUT2D eigenvalue weighted by Gasteiger charge is 2.30. The Morgan fingerprint density at radius 1 is 0.879 bits per heavy atom. The largest absolute Gasteiger partial charge is 0.508 e. The second-order valence-electron chi connectivity index (χ2n) is 8.58. The molecule has 184 valence electrons. The number of amides is 4. The van der Waals surface area contributed by atoms with Gasteiger partial charge in [0.1, 0.15) is 23.9 Å². The van der Waals surface area contributed by atoms with Crippen LogP contribution in [0.25, 0.3) is 0 Å². The molecule has 3 atom stereocenters. The van der Waals surface area contributed by atoms with Gasteiger partial charge >= 0.3 is 0 Å². The molecular weight excluding hydrogens is 424 g/mol. The van der Waals surface area contributed by atoms with Crippen LogP contribution in [0.15, 0.2) is 24.3 Å². The maximum absolute atomic E-state index is 13.0. The summed E-state index contributed by atoms with van der Waals surface area (Å²) in [6.45, 7) is 9.10. The molecule has 0 saturated carbocycles. The summed E-state index contributed by atoms with van der Waals surface area (Å²) in [7, 11) is 0. The van der Waals surface area contributed by atoms with Crippen LogP contribution in [0.1, 0.15) is 59.4 Å². The van der Waals surface area contributed by atoms with Crippen LogP contribution in [-0.4, -0.2) is 53.4 Å². The van der Waals surface area contributed by atoms with Gasteiger partial charge in [0.15, 0.2) is 0 Å². The van der Waals surface area contributed by atoms with Crippen molar-refractivity contribution < 1.29 is 24.3 Å². The molecule has 0 aliphatic rings. The molecule has 1 rings (SSSR count). The molecule has 0 unspecified atom stereocenters. The van der Waals surface area contributed by atoms with E-state index in [1.165, 1.54) is 19.1 Å². The number of aromatic hydroxyl groups is 1. The van der Waals surface area contributed by atoms with Gasteiger partial charge in [-0.2, -0.15) is 0 Å². The number of carbonyl (C=O) groups excluding carboxylic acids is 4. The van der Waals surface area contributed by atoms with Crippen molar-refractivity contribution >= 4 is 23.6 Å². The van der Waals surface area contributed by atoms with Crippen molar-refractivity contribution in [1.82, 2.24) is 21.3 Å². The molecule has 9 nitrogen and oxygen atoms in total. The highest BCUT2D eigenvalue weighted by atomic mass is 16.3. The lowest BCUT2D eigenvalue weighted by Gasteiger charge is -2.26. The van der Waals surface area contributed by atoms with Crippen molar-refractivity contribution in [2.24, 2.45) is 5.92 Å². The van der Waals surface area contributed by atoms with E-state index in [0.29, 0.717) is 6.54 Å². The molecule has 9 heteroatoms. The third-order valence-electron chi connectivity index (χ3n) is 5.15. The zero-order valence-electron chi connectivity index (χ0n) is 20.2. The molecule has 5 N–H and O–H groups in total. The maximum atomic E-state index is 13.0. The van der Waals surface area contributed by atoms with Crippen LogP contribution in [0.3, 0.4) is 0 Å². The molecule has 0 aromatic heterocycles. The van der Waals surface area contributed by atoms with Crippen LogP contribution in [0.2, 0.25) is 0 Å². The van der Waals surface area contributed by atoms with E-state index in [2.05, 4.69) is 28.2 Å². The quantitative estimate of drug-likeness (QED) is 0.282. The first-order valence-corrected chi connectivity index (χ1v) is 11.5. The van der Waals surface area contributed by atoms with Gasteiger partial charge in [0.2, 0.25) is 23.6 Å². The summed E-state index contributed by atoms with van der Waals surface area (Å²) in [6, 6.07) is 3.77. The molecule has 0 fully saturated rings. The van der Waals surface area contributed by atoms with Crippen molar-refractivity contribution in [3.63, 3.8) is 0 Å². The van der Waals surface area contributed by atoms with Crippen molar-refractivity contribution in [2.75, 3.05) is 6.54 Å². The Kier molecular flexibility index (Phi) is 12.0. The minimum Gasteiger partial charge on any atom is -0.508 e. The third kappa shape index (κ3) is 10.4. The van der Waals surface area contributed by atoms with E-state index in [4.69, 9.17) is 0 Å². The average molecular weight is 463 g/mol. The van der Waals surface area contributed by atoms with Gasteiger partial charge < -0.3 is 26.4 Å². The second kappa shape index (κ2) is 14.1. The number of rotatable bonds is 13. The SMILES string of the molecule is CCCCCNC(=O)[C@H](C)NC(=O)[C@@H](NC(=O)[C@H](Cc1ccc(O)cc1)NC(C)=O)C(C)C. The minimum absolute atomic E-state index is 0.0966. The van der Waals surface area contributed by atoms with Gasteiger partial charge in [-0.05, 0) is 37.0 Å². The number of hydrogen-bond acceptors (Lipinski definition) is 5. The van der Waals surface area contributed by atoms with E-state index < -0.39 is 29.9 Å². The van der Waals surface area contributed by atoms with Crippen LogP contribution < -0.4 is 21.3 Å².